The van der Waals surface area contributed by atoms with Crippen molar-refractivity contribution in [3.63, 3.8) is 0 Å². The number of carboxylic acid groups (broad SMARTS) is 1. The number of aromatic carboxylic acids is 1. The van der Waals surface area contributed by atoms with Crippen LogP contribution in [0.5, 0.6) is 5.75 Å². The Kier molecular flexibility index (Phi) is 5.92. The highest BCUT2D eigenvalue weighted by molar-refractivity contribution is 7.98. The molecule has 5 nitrogen and oxygen atoms in total. The summed E-state index contributed by atoms with van der Waals surface area (Å²) >= 11 is 1.85. The van der Waals surface area contributed by atoms with Gasteiger partial charge in [0.15, 0.2) is 0 Å². The first-order valence-corrected chi connectivity index (χ1v) is 10.9. The topological polar surface area (TPSA) is 85.4 Å². The second kappa shape index (κ2) is 8.76. The molecule has 0 aliphatic carbocycles. The molecule has 1 unspecified atom stereocenters. The SMILES string of the molecule is O=C(O)c1cc2c(CSCCC3CC(c4ccccc4)=CCN3)c[nH]c2cc1O. The van der Waals surface area contributed by atoms with E-state index in [0.717, 1.165) is 47.4 Å². The van der Waals surface area contributed by atoms with Gasteiger partial charge < -0.3 is 20.5 Å². The van der Waals surface area contributed by atoms with Gasteiger partial charge in [-0.25, -0.2) is 4.79 Å². The standard InChI is InChI=1S/C23H24N2O3S/c26-22-12-21-19(11-20(22)23(27)28)17(13-25-21)14-29-9-7-18-10-16(6-8-24-18)15-4-2-1-3-5-15/h1-6,11-13,18,24-26H,7-10,14H2,(H,27,28). The normalized spacial score (nSPS) is 16.7. The first-order chi connectivity index (χ1) is 14.1. The molecule has 4 rings (SSSR count). The number of carbonyl (C=O) groups is 1. The highest BCUT2D eigenvalue weighted by Gasteiger charge is 2.17. The van der Waals surface area contributed by atoms with Gasteiger partial charge in [-0.05, 0) is 41.4 Å². The predicted molar refractivity (Wildman–Crippen MR) is 119 cm³/mol. The molecule has 0 saturated carbocycles. The van der Waals surface area contributed by atoms with Gasteiger partial charge in [0, 0.05) is 41.5 Å². The van der Waals surface area contributed by atoms with E-state index in [4.69, 9.17) is 0 Å². The van der Waals surface area contributed by atoms with Crippen LogP contribution in [-0.2, 0) is 5.75 Å². The maximum atomic E-state index is 11.3. The van der Waals surface area contributed by atoms with Gasteiger partial charge in [-0.15, -0.1) is 0 Å². The van der Waals surface area contributed by atoms with E-state index in [0.29, 0.717) is 6.04 Å². The molecule has 6 heteroatoms. The molecule has 1 atom stereocenters. The number of aromatic amines is 1. The van der Waals surface area contributed by atoms with Crippen molar-refractivity contribution < 1.29 is 15.0 Å². The van der Waals surface area contributed by atoms with Gasteiger partial charge in [-0.1, -0.05) is 36.4 Å². The Morgan fingerprint density at radius 3 is 2.83 bits per heavy atom. The zero-order valence-electron chi connectivity index (χ0n) is 16.0. The van der Waals surface area contributed by atoms with Crippen LogP contribution in [0.2, 0.25) is 0 Å². The number of hydrogen-bond donors (Lipinski definition) is 4. The highest BCUT2D eigenvalue weighted by Crippen LogP contribution is 2.30. The Morgan fingerprint density at radius 1 is 1.21 bits per heavy atom. The van der Waals surface area contributed by atoms with Crippen molar-refractivity contribution in [3.8, 4) is 5.75 Å². The van der Waals surface area contributed by atoms with Crippen LogP contribution in [0, 0.1) is 0 Å². The summed E-state index contributed by atoms with van der Waals surface area (Å²) in [6.07, 6.45) is 6.30. The number of hydrogen-bond acceptors (Lipinski definition) is 4. The van der Waals surface area contributed by atoms with E-state index >= 15 is 0 Å². The van der Waals surface area contributed by atoms with Crippen molar-refractivity contribution in [3.05, 3.63) is 71.4 Å². The third-order valence-electron chi connectivity index (χ3n) is 5.35. The molecule has 0 bridgehead atoms. The van der Waals surface area contributed by atoms with E-state index < -0.39 is 5.97 Å². The summed E-state index contributed by atoms with van der Waals surface area (Å²) in [4.78, 5) is 14.4. The Balaban J connectivity index is 1.32. The van der Waals surface area contributed by atoms with Gasteiger partial charge in [0.1, 0.15) is 11.3 Å². The monoisotopic (exact) mass is 408 g/mol. The number of benzene rings is 2. The van der Waals surface area contributed by atoms with Crippen molar-refractivity contribution >= 4 is 34.2 Å². The maximum Gasteiger partial charge on any atom is 0.339 e. The molecule has 0 fully saturated rings. The van der Waals surface area contributed by atoms with E-state index in [1.165, 1.54) is 17.2 Å². The average Bonchev–Trinajstić information content (AvgIpc) is 3.13. The fourth-order valence-corrected chi connectivity index (χ4v) is 4.83. The summed E-state index contributed by atoms with van der Waals surface area (Å²) in [5, 5.41) is 23.5. The van der Waals surface area contributed by atoms with Crippen molar-refractivity contribution in [1.82, 2.24) is 10.3 Å². The summed E-state index contributed by atoms with van der Waals surface area (Å²) < 4.78 is 0. The largest absolute Gasteiger partial charge is 0.507 e. The van der Waals surface area contributed by atoms with Crippen LogP contribution in [0.15, 0.2) is 54.7 Å². The minimum absolute atomic E-state index is 0.0602. The third kappa shape index (κ3) is 4.49. The quantitative estimate of drug-likeness (QED) is 0.428. The van der Waals surface area contributed by atoms with Crippen LogP contribution in [0.4, 0.5) is 0 Å². The summed E-state index contributed by atoms with van der Waals surface area (Å²) in [6.45, 7) is 0.906. The van der Waals surface area contributed by atoms with Crippen molar-refractivity contribution in [2.75, 3.05) is 12.3 Å². The van der Waals surface area contributed by atoms with Gasteiger partial charge in [0.05, 0.1) is 0 Å². The van der Waals surface area contributed by atoms with Crippen LogP contribution in [0.25, 0.3) is 16.5 Å². The van der Waals surface area contributed by atoms with Gasteiger partial charge in [-0.3, -0.25) is 0 Å². The van der Waals surface area contributed by atoms with E-state index in [2.05, 4.69) is 40.6 Å². The predicted octanol–water partition coefficient (Wildman–Crippen LogP) is 4.64. The lowest BCUT2D eigenvalue weighted by Gasteiger charge is -2.24. The molecule has 0 spiro atoms. The van der Waals surface area contributed by atoms with Crippen molar-refractivity contribution in [2.24, 2.45) is 0 Å². The number of nitrogens with one attached hydrogen (secondary N) is 2. The van der Waals surface area contributed by atoms with E-state index in [1.54, 1.807) is 6.07 Å². The first kappa shape index (κ1) is 19.6. The minimum atomic E-state index is -1.12. The molecule has 150 valence electrons. The second-order valence-electron chi connectivity index (χ2n) is 7.28. The molecule has 3 aromatic rings. The maximum absolute atomic E-state index is 11.3. The molecule has 4 N–H and O–H groups in total. The number of rotatable bonds is 7. The smallest absolute Gasteiger partial charge is 0.339 e. The van der Waals surface area contributed by atoms with E-state index in [-0.39, 0.29) is 11.3 Å². The molecule has 29 heavy (non-hydrogen) atoms. The lowest BCUT2D eigenvalue weighted by molar-refractivity contribution is 0.0694. The van der Waals surface area contributed by atoms with Crippen LogP contribution >= 0.6 is 11.8 Å². The second-order valence-corrected chi connectivity index (χ2v) is 8.39. The number of thioether (sulfide) groups is 1. The summed E-state index contributed by atoms with van der Waals surface area (Å²) in [7, 11) is 0. The van der Waals surface area contributed by atoms with E-state index in [1.807, 2.05) is 24.0 Å². The highest BCUT2D eigenvalue weighted by atomic mass is 32.2. The Bertz CT molecular complexity index is 1040. The molecular formula is C23H24N2O3S. The Hall–Kier alpha value is -2.70. The van der Waals surface area contributed by atoms with Crippen molar-refractivity contribution in [1.29, 1.82) is 0 Å². The third-order valence-corrected chi connectivity index (χ3v) is 6.39. The summed E-state index contributed by atoms with van der Waals surface area (Å²) in [5.41, 5.74) is 4.48. The number of phenols is 1. The molecule has 2 heterocycles. The molecular weight excluding hydrogens is 384 g/mol. The number of carboxylic acids is 1. The van der Waals surface area contributed by atoms with Crippen LogP contribution < -0.4 is 5.32 Å². The molecule has 1 aliphatic rings. The van der Waals surface area contributed by atoms with Gasteiger partial charge >= 0.3 is 5.97 Å². The number of aromatic hydroxyl groups is 1. The lowest BCUT2D eigenvalue weighted by Crippen LogP contribution is -2.33. The van der Waals surface area contributed by atoms with Crippen LogP contribution in [-0.4, -0.2) is 39.5 Å². The van der Waals surface area contributed by atoms with Gasteiger partial charge in [-0.2, -0.15) is 11.8 Å². The Morgan fingerprint density at radius 2 is 2.03 bits per heavy atom. The van der Waals surface area contributed by atoms with Crippen LogP contribution in [0.3, 0.4) is 0 Å². The molecule has 1 aliphatic heterocycles. The molecule has 0 saturated heterocycles. The summed E-state index contributed by atoms with van der Waals surface area (Å²) in [6, 6.07) is 14.1. The fourth-order valence-electron chi connectivity index (χ4n) is 3.78. The van der Waals surface area contributed by atoms with Crippen LogP contribution in [0.1, 0.15) is 34.3 Å². The summed E-state index contributed by atoms with van der Waals surface area (Å²) in [5.74, 6) is 0.500. The van der Waals surface area contributed by atoms with E-state index in [9.17, 15) is 15.0 Å². The molecule has 0 amide bonds. The first-order valence-electron chi connectivity index (χ1n) is 9.73. The Labute approximate surface area is 173 Å². The molecule has 1 aromatic heterocycles. The van der Waals surface area contributed by atoms with Gasteiger partial charge in [0.2, 0.25) is 0 Å². The average molecular weight is 409 g/mol. The van der Waals surface area contributed by atoms with Crippen molar-refractivity contribution in [2.45, 2.75) is 24.6 Å². The molecule has 0 radical (unpaired) electrons. The zero-order chi connectivity index (χ0) is 20.2. The van der Waals surface area contributed by atoms with Gasteiger partial charge in [0.25, 0.3) is 0 Å². The lowest BCUT2D eigenvalue weighted by atomic mass is 9.94. The fraction of sp³-hybridized carbons (Fsp3) is 0.261. The minimum Gasteiger partial charge on any atom is -0.507 e. The number of fused-ring (bicyclic) bond motifs is 1. The molecule has 2 aromatic carbocycles. The number of H-pyrrole nitrogens is 1. The zero-order valence-corrected chi connectivity index (χ0v) is 16.8. The number of aromatic nitrogens is 1.